The van der Waals surface area contributed by atoms with Crippen molar-refractivity contribution in [3.05, 3.63) is 0 Å². The molecule has 86 valence electrons. The monoisotopic (exact) mass is 202 g/mol. The van der Waals surface area contributed by atoms with E-state index in [2.05, 4.69) is 34.6 Å². The topological polar surface area (TPSA) is 29.5 Å². The van der Waals surface area contributed by atoms with Crippen molar-refractivity contribution in [2.24, 2.45) is 10.8 Å². The third kappa shape index (κ3) is 4.43. The Morgan fingerprint density at radius 2 is 1.57 bits per heavy atom. The van der Waals surface area contributed by atoms with E-state index < -0.39 is 6.10 Å². The number of rotatable bonds is 4. The van der Waals surface area contributed by atoms with E-state index in [1.54, 1.807) is 14.0 Å². The maximum atomic E-state index is 9.62. The zero-order valence-electron chi connectivity index (χ0n) is 10.7. The smallest absolute Gasteiger partial charge is 0.0878 e. The highest BCUT2D eigenvalue weighted by atomic mass is 16.5. The van der Waals surface area contributed by atoms with E-state index in [1.165, 1.54) is 0 Å². The van der Waals surface area contributed by atoms with E-state index in [4.69, 9.17) is 4.74 Å². The molecule has 2 unspecified atom stereocenters. The molecular weight excluding hydrogens is 176 g/mol. The second-order valence-corrected chi connectivity index (χ2v) is 6.12. The van der Waals surface area contributed by atoms with Gasteiger partial charge in [0, 0.05) is 7.11 Å². The van der Waals surface area contributed by atoms with Gasteiger partial charge in [0.1, 0.15) is 0 Å². The number of aliphatic hydroxyl groups is 1. The third-order valence-corrected chi connectivity index (χ3v) is 2.45. The first-order valence-corrected chi connectivity index (χ1v) is 5.31. The fraction of sp³-hybridized carbons (Fsp3) is 1.00. The van der Waals surface area contributed by atoms with Gasteiger partial charge in [0.15, 0.2) is 0 Å². The van der Waals surface area contributed by atoms with Gasteiger partial charge >= 0.3 is 0 Å². The summed E-state index contributed by atoms with van der Waals surface area (Å²) < 4.78 is 5.37. The first kappa shape index (κ1) is 13.9. The zero-order valence-corrected chi connectivity index (χ0v) is 10.7. The molecule has 0 fully saturated rings. The minimum atomic E-state index is -0.419. The molecule has 2 nitrogen and oxygen atoms in total. The van der Waals surface area contributed by atoms with Gasteiger partial charge < -0.3 is 9.84 Å². The molecule has 0 aromatic rings. The summed E-state index contributed by atoms with van der Waals surface area (Å²) in [6.07, 6.45) is 0.516. The fourth-order valence-electron chi connectivity index (χ4n) is 2.64. The average molecular weight is 202 g/mol. The zero-order chi connectivity index (χ0) is 11.6. The van der Waals surface area contributed by atoms with Crippen molar-refractivity contribution in [1.29, 1.82) is 0 Å². The summed E-state index contributed by atoms with van der Waals surface area (Å²) in [6, 6.07) is 0. The molecule has 2 heteroatoms. The summed E-state index contributed by atoms with van der Waals surface area (Å²) in [5.41, 5.74) is 0.260. The molecule has 0 heterocycles. The molecule has 0 amide bonds. The highest BCUT2D eigenvalue weighted by molar-refractivity contribution is 4.86. The summed E-state index contributed by atoms with van der Waals surface area (Å²) in [5, 5.41) is 9.62. The average Bonchev–Trinajstić information content (AvgIpc) is 1.79. The van der Waals surface area contributed by atoms with E-state index in [0.717, 1.165) is 6.42 Å². The number of hydrogen-bond acceptors (Lipinski definition) is 2. The Morgan fingerprint density at radius 3 is 1.79 bits per heavy atom. The van der Waals surface area contributed by atoms with Crippen LogP contribution in [0.1, 0.15) is 48.0 Å². The number of aliphatic hydroxyl groups excluding tert-OH is 1. The molecule has 2 atom stereocenters. The van der Waals surface area contributed by atoms with Crippen LogP contribution in [0.15, 0.2) is 0 Å². The van der Waals surface area contributed by atoms with E-state index >= 15 is 0 Å². The summed E-state index contributed by atoms with van der Waals surface area (Å²) in [5.74, 6) is 0. The van der Waals surface area contributed by atoms with Crippen LogP contribution in [0.3, 0.4) is 0 Å². The lowest BCUT2D eigenvalue weighted by atomic mass is 9.72. The molecule has 0 rings (SSSR count). The standard InChI is InChI=1S/C12H26O2/c1-9(13)10(14-7)12(5,6)8-11(2,3)4/h9-10,13H,8H2,1-7H3. The minimum absolute atomic E-state index is 0.00116. The van der Waals surface area contributed by atoms with Gasteiger partial charge in [0.05, 0.1) is 12.2 Å². The van der Waals surface area contributed by atoms with Crippen molar-refractivity contribution in [3.8, 4) is 0 Å². The van der Waals surface area contributed by atoms with Crippen molar-refractivity contribution in [2.75, 3.05) is 7.11 Å². The fourth-order valence-corrected chi connectivity index (χ4v) is 2.64. The Labute approximate surface area is 88.7 Å². The molecular formula is C12H26O2. The Morgan fingerprint density at radius 1 is 1.14 bits per heavy atom. The minimum Gasteiger partial charge on any atom is -0.391 e. The van der Waals surface area contributed by atoms with Gasteiger partial charge in [-0.1, -0.05) is 34.6 Å². The number of methoxy groups -OCH3 is 1. The Bertz CT molecular complexity index is 166. The second kappa shape index (κ2) is 4.63. The lowest BCUT2D eigenvalue weighted by Crippen LogP contribution is -2.41. The van der Waals surface area contributed by atoms with Crippen LogP contribution < -0.4 is 0 Å². The van der Waals surface area contributed by atoms with Gasteiger partial charge in [-0.25, -0.2) is 0 Å². The van der Waals surface area contributed by atoms with Gasteiger partial charge in [-0.3, -0.25) is 0 Å². The first-order chi connectivity index (χ1) is 6.10. The van der Waals surface area contributed by atoms with Crippen molar-refractivity contribution in [1.82, 2.24) is 0 Å². The van der Waals surface area contributed by atoms with Crippen LogP contribution in [0.5, 0.6) is 0 Å². The molecule has 14 heavy (non-hydrogen) atoms. The third-order valence-electron chi connectivity index (χ3n) is 2.45. The van der Waals surface area contributed by atoms with Crippen LogP contribution in [-0.4, -0.2) is 24.4 Å². The van der Waals surface area contributed by atoms with Crippen LogP contribution in [0.25, 0.3) is 0 Å². The molecule has 0 bridgehead atoms. The first-order valence-electron chi connectivity index (χ1n) is 5.31. The summed E-state index contributed by atoms with van der Waals surface area (Å²) in [4.78, 5) is 0. The normalized spacial score (nSPS) is 18.0. The van der Waals surface area contributed by atoms with Gasteiger partial charge in [0.25, 0.3) is 0 Å². The largest absolute Gasteiger partial charge is 0.391 e. The molecule has 0 saturated carbocycles. The summed E-state index contributed by atoms with van der Waals surface area (Å²) in [7, 11) is 1.67. The number of hydrogen-bond donors (Lipinski definition) is 1. The Hall–Kier alpha value is -0.0800. The van der Waals surface area contributed by atoms with Crippen LogP contribution in [0, 0.1) is 10.8 Å². The number of ether oxygens (including phenoxy) is 1. The van der Waals surface area contributed by atoms with Crippen LogP contribution >= 0.6 is 0 Å². The lowest BCUT2D eigenvalue weighted by molar-refractivity contribution is -0.0817. The molecule has 0 saturated heterocycles. The van der Waals surface area contributed by atoms with Crippen LogP contribution in [-0.2, 0) is 4.74 Å². The van der Waals surface area contributed by atoms with Crippen LogP contribution in [0.2, 0.25) is 0 Å². The predicted molar refractivity (Wildman–Crippen MR) is 60.3 cm³/mol. The quantitative estimate of drug-likeness (QED) is 0.759. The maximum absolute atomic E-state index is 9.62. The lowest BCUT2D eigenvalue weighted by Gasteiger charge is -2.39. The summed E-state index contributed by atoms with van der Waals surface area (Å²) in [6.45, 7) is 12.7. The highest BCUT2D eigenvalue weighted by Gasteiger charge is 2.36. The highest BCUT2D eigenvalue weighted by Crippen LogP contribution is 2.37. The molecule has 0 spiro atoms. The van der Waals surface area contributed by atoms with E-state index in [9.17, 15) is 5.11 Å². The molecule has 1 N–H and O–H groups in total. The van der Waals surface area contributed by atoms with Crippen molar-refractivity contribution >= 4 is 0 Å². The van der Waals surface area contributed by atoms with Gasteiger partial charge in [-0.15, -0.1) is 0 Å². The Balaban J connectivity index is 4.57. The van der Waals surface area contributed by atoms with Gasteiger partial charge in [0.2, 0.25) is 0 Å². The molecule has 0 aliphatic heterocycles. The van der Waals surface area contributed by atoms with E-state index in [-0.39, 0.29) is 16.9 Å². The molecule has 0 radical (unpaired) electrons. The second-order valence-electron chi connectivity index (χ2n) is 6.12. The Kier molecular flexibility index (Phi) is 4.60. The molecule has 0 aromatic carbocycles. The molecule has 0 aliphatic carbocycles. The van der Waals surface area contributed by atoms with E-state index in [1.807, 2.05) is 0 Å². The van der Waals surface area contributed by atoms with Crippen molar-refractivity contribution in [3.63, 3.8) is 0 Å². The summed E-state index contributed by atoms with van der Waals surface area (Å²) >= 11 is 0. The molecule has 0 aromatic heterocycles. The van der Waals surface area contributed by atoms with Crippen LogP contribution in [0.4, 0.5) is 0 Å². The maximum Gasteiger partial charge on any atom is 0.0878 e. The van der Waals surface area contributed by atoms with Crippen molar-refractivity contribution in [2.45, 2.75) is 60.2 Å². The SMILES string of the molecule is COC(C(C)O)C(C)(C)CC(C)(C)C. The van der Waals surface area contributed by atoms with Gasteiger partial charge in [-0.2, -0.15) is 0 Å². The molecule has 0 aliphatic rings. The predicted octanol–water partition coefficient (Wildman–Crippen LogP) is 2.84. The van der Waals surface area contributed by atoms with E-state index in [0.29, 0.717) is 0 Å². The van der Waals surface area contributed by atoms with Gasteiger partial charge in [-0.05, 0) is 24.2 Å². The van der Waals surface area contributed by atoms with Crippen molar-refractivity contribution < 1.29 is 9.84 Å².